The first-order chi connectivity index (χ1) is 13.4. The third-order valence-electron chi connectivity index (χ3n) is 5.37. The number of carbonyl (C=O) groups is 1. The number of nitrogens with zero attached hydrogens (tertiary/aromatic N) is 2. The minimum atomic E-state index is -3.22. The number of para-hydroxylation sites is 1. The normalized spacial score (nSPS) is 24.2. The first kappa shape index (κ1) is 19.4. The van der Waals surface area contributed by atoms with Crippen LogP contribution in [-0.4, -0.2) is 56.5 Å². The first-order valence-corrected chi connectivity index (χ1v) is 11.6. The monoisotopic (exact) mass is 464 g/mol. The summed E-state index contributed by atoms with van der Waals surface area (Å²) in [5, 5.41) is 0. The van der Waals surface area contributed by atoms with E-state index in [4.69, 9.17) is 4.74 Å². The van der Waals surface area contributed by atoms with E-state index in [1.54, 1.807) is 12.0 Å². The second-order valence-corrected chi connectivity index (χ2v) is 10.2. The number of methoxy groups -OCH3 is 1. The molecule has 0 spiro atoms. The van der Waals surface area contributed by atoms with Gasteiger partial charge in [-0.15, -0.1) is 0 Å². The van der Waals surface area contributed by atoms with E-state index < -0.39 is 9.84 Å². The zero-order chi connectivity index (χ0) is 19.9. The maximum Gasteiger partial charge on any atom is 0.241 e. The average Bonchev–Trinajstić information content (AvgIpc) is 2.98. The smallest absolute Gasteiger partial charge is 0.241 e. The van der Waals surface area contributed by atoms with Crippen LogP contribution in [0, 0.1) is 0 Å². The van der Waals surface area contributed by atoms with E-state index in [1.807, 2.05) is 53.4 Å². The van der Waals surface area contributed by atoms with Crippen molar-refractivity contribution in [3.05, 3.63) is 58.6 Å². The van der Waals surface area contributed by atoms with Crippen molar-refractivity contribution in [3.63, 3.8) is 0 Å². The molecule has 2 aromatic rings. The molecule has 28 heavy (non-hydrogen) atoms. The fourth-order valence-corrected chi connectivity index (χ4v) is 6.37. The summed E-state index contributed by atoms with van der Waals surface area (Å²) in [6, 6.07) is 14.4. The Kier molecular flexibility index (Phi) is 5.20. The topological polar surface area (TPSA) is 66.9 Å². The van der Waals surface area contributed by atoms with Gasteiger partial charge in [0.15, 0.2) is 9.84 Å². The molecule has 2 heterocycles. The molecule has 0 saturated carbocycles. The van der Waals surface area contributed by atoms with Crippen LogP contribution in [0.4, 0.5) is 5.69 Å². The summed E-state index contributed by atoms with van der Waals surface area (Å²) in [7, 11) is -1.61. The van der Waals surface area contributed by atoms with Gasteiger partial charge in [0, 0.05) is 28.3 Å². The van der Waals surface area contributed by atoms with Gasteiger partial charge < -0.3 is 9.64 Å². The maximum absolute atomic E-state index is 13.0. The molecule has 0 aromatic heterocycles. The summed E-state index contributed by atoms with van der Waals surface area (Å²) < 4.78 is 31.3. The van der Waals surface area contributed by atoms with Crippen molar-refractivity contribution in [1.29, 1.82) is 0 Å². The summed E-state index contributed by atoms with van der Waals surface area (Å²) in [6.45, 7) is 0.644. The van der Waals surface area contributed by atoms with E-state index in [9.17, 15) is 13.2 Å². The van der Waals surface area contributed by atoms with Crippen molar-refractivity contribution in [3.8, 4) is 5.75 Å². The Morgan fingerprint density at radius 2 is 1.75 bits per heavy atom. The van der Waals surface area contributed by atoms with Crippen molar-refractivity contribution < 1.29 is 17.9 Å². The number of ether oxygens (including phenoxy) is 1. The largest absolute Gasteiger partial charge is 0.496 e. The number of fused-ring (bicyclic) bond motifs is 1. The zero-order valence-corrected chi connectivity index (χ0v) is 17.8. The van der Waals surface area contributed by atoms with E-state index in [1.165, 1.54) is 0 Å². The standard InChI is InChI=1S/C20H21BrN2O4S/c1-27-19-5-3-2-4-14(19)10-22-11-20(24)23(16-8-6-15(21)7-9-16)18-13-28(25,26)12-17(18)22/h2-9,17-18H,10-13H2,1H3/t17-,18+/m0/s1. The number of hydrogen-bond donors (Lipinski definition) is 0. The Bertz CT molecular complexity index is 994. The van der Waals surface area contributed by atoms with Gasteiger partial charge in [-0.2, -0.15) is 0 Å². The molecule has 1 amide bonds. The lowest BCUT2D eigenvalue weighted by Gasteiger charge is -2.43. The number of benzene rings is 2. The average molecular weight is 465 g/mol. The lowest BCUT2D eigenvalue weighted by atomic mass is 10.0. The molecule has 0 N–H and O–H groups in total. The van der Waals surface area contributed by atoms with Gasteiger partial charge in [0.25, 0.3) is 0 Å². The summed E-state index contributed by atoms with van der Waals surface area (Å²) >= 11 is 3.40. The zero-order valence-electron chi connectivity index (χ0n) is 15.4. The summed E-state index contributed by atoms with van der Waals surface area (Å²) in [5.41, 5.74) is 1.68. The molecule has 2 aliphatic heterocycles. The lowest BCUT2D eigenvalue weighted by Crippen LogP contribution is -2.61. The number of amides is 1. The minimum absolute atomic E-state index is 0.0120. The lowest BCUT2D eigenvalue weighted by molar-refractivity contribution is -0.123. The maximum atomic E-state index is 13.0. The number of piperazine rings is 1. The van der Waals surface area contributed by atoms with Crippen LogP contribution in [0.15, 0.2) is 53.0 Å². The van der Waals surface area contributed by atoms with Crippen LogP contribution in [0.25, 0.3) is 0 Å². The molecule has 0 unspecified atom stereocenters. The SMILES string of the molecule is COc1ccccc1CN1CC(=O)N(c2ccc(Br)cc2)[C@@H]2CS(=O)(=O)C[C@@H]21. The molecule has 0 bridgehead atoms. The number of anilines is 1. The Morgan fingerprint density at radius 1 is 1.07 bits per heavy atom. The number of halogens is 1. The fraction of sp³-hybridized carbons (Fsp3) is 0.350. The Morgan fingerprint density at radius 3 is 2.46 bits per heavy atom. The number of sulfone groups is 1. The van der Waals surface area contributed by atoms with E-state index in [-0.39, 0.29) is 36.0 Å². The molecule has 4 rings (SSSR count). The first-order valence-electron chi connectivity index (χ1n) is 9.02. The van der Waals surface area contributed by atoms with E-state index in [0.717, 1.165) is 21.5 Å². The molecule has 2 atom stereocenters. The molecule has 0 aliphatic carbocycles. The highest BCUT2D eigenvalue weighted by atomic mass is 79.9. The second kappa shape index (κ2) is 7.50. The second-order valence-electron chi connectivity index (χ2n) is 7.17. The van der Waals surface area contributed by atoms with Gasteiger partial charge in [-0.3, -0.25) is 9.69 Å². The highest BCUT2D eigenvalue weighted by Crippen LogP contribution is 2.33. The van der Waals surface area contributed by atoms with Gasteiger partial charge in [-0.05, 0) is 30.3 Å². The summed E-state index contributed by atoms with van der Waals surface area (Å²) in [4.78, 5) is 16.7. The Hall–Kier alpha value is -1.90. The van der Waals surface area contributed by atoms with Crippen LogP contribution in [0.1, 0.15) is 5.56 Å². The van der Waals surface area contributed by atoms with Crippen molar-refractivity contribution in [2.24, 2.45) is 0 Å². The number of hydrogen-bond acceptors (Lipinski definition) is 5. The molecule has 2 aromatic carbocycles. The number of rotatable bonds is 4. The molecule has 148 valence electrons. The minimum Gasteiger partial charge on any atom is -0.496 e. The molecular weight excluding hydrogens is 444 g/mol. The highest BCUT2D eigenvalue weighted by molar-refractivity contribution is 9.10. The van der Waals surface area contributed by atoms with Crippen LogP contribution in [0.5, 0.6) is 5.75 Å². The molecule has 0 radical (unpaired) electrons. The molecule has 2 aliphatic rings. The fourth-order valence-electron chi connectivity index (χ4n) is 4.12. The van der Waals surface area contributed by atoms with Crippen LogP contribution in [0.3, 0.4) is 0 Å². The van der Waals surface area contributed by atoms with Crippen molar-refractivity contribution in [2.45, 2.75) is 18.6 Å². The predicted molar refractivity (Wildman–Crippen MR) is 111 cm³/mol. The van der Waals surface area contributed by atoms with Crippen LogP contribution >= 0.6 is 15.9 Å². The van der Waals surface area contributed by atoms with Gasteiger partial charge in [-0.25, -0.2) is 8.42 Å². The van der Waals surface area contributed by atoms with Gasteiger partial charge in [-0.1, -0.05) is 34.1 Å². The van der Waals surface area contributed by atoms with Crippen molar-refractivity contribution in [1.82, 2.24) is 4.90 Å². The summed E-state index contributed by atoms with van der Waals surface area (Å²) in [5.74, 6) is 0.702. The Labute approximate surface area is 173 Å². The molecular formula is C20H21BrN2O4S. The molecule has 2 saturated heterocycles. The molecule has 2 fully saturated rings. The third-order valence-corrected chi connectivity index (χ3v) is 7.60. The highest BCUT2D eigenvalue weighted by Gasteiger charge is 2.49. The van der Waals surface area contributed by atoms with Crippen LogP contribution in [0.2, 0.25) is 0 Å². The van der Waals surface area contributed by atoms with E-state index in [2.05, 4.69) is 15.9 Å². The van der Waals surface area contributed by atoms with Gasteiger partial charge >= 0.3 is 0 Å². The summed E-state index contributed by atoms with van der Waals surface area (Å²) in [6.07, 6.45) is 0. The van der Waals surface area contributed by atoms with E-state index >= 15 is 0 Å². The van der Waals surface area contributed by atoms with Gasteiger partial charge in [0.1, 0.15) is 5.75 Å². The number of carbonyl (C=O) groups excluding carboxylic acids is 1. The van der Waals surface area contributed by atoms with E-state index in [0.29, 0.717) is 6.54 Å². The predicted octanol–water partition coefficient (Wildman–Crippen LogP) is 2.47. The van der Waals surface area contributed by atoms with Gasteiger partial charge in [0.2, 0.25) is 5.91 Å². The quantitative estimate of drug-likeness (QED) is 0.694. The molecule has 6 nitrogen and oxygen atoms in total. The molecule has 8 heteroatoms. The van der Waals surface area contributed by atoms with Crippen molar-refractivity contribution >= 4 is 37.4 Å². The van der Waals surface area contributed by atoms with Crippen LogP contribution < -0.4 is 9.64 Å². The van der Waals surface area contributed by atoms with Gasteiger partial charge in [0.05, 0.1) is 31.2 Å². The Balaban J connectivity index is 1.67. The van der Waals surface area contributed by atoms with Crippen LogP contribution in [-0.2, 0) is 21.2 Å². The van der Waals surface area contributed by atoms with Crippen molar-refractivity contribution in [2.75, 3.05) is 30.1 Å². The third kappa shape index (κ3) is 3.68.